The second-order valence-corrected chi connectivity index (χ2v) is 12.6. The lowest BCUT2D eigenvalue weighted by Gasteiger charge is -2.42. The number of ether oxygens (including phenoxy) is 1. The van der Waals surface area contributed by atoms with Gasteiger partial charge in [-0.15, -0.1) is 0 Å². The van der Waals surface area contributed by atoms with E-state index in [9.17, 15) is 24.3 Å². The van der Waals surface area contributed by atoms with Gasteiger partial charge in [0, 0.05) is 46.8 Å². The summed E-state index contributed by atoms with van der Waals surface area (Å²) in [6.45, 7) is 4.55. The SMILES string of the molecule is CC1=CC(=O)C2=C(C1=O)[C@@H](c1ccc(O)c3ccccc13)C1=CC[C@@H]3C(=O)N(c4ccc(N5CCOCC5)cc4)C(=O)[C@@H]3[C@@H]1C2. The van der Waals surface area contributed by atoms with Crippen molar-refractivity contribution in [3.63, 3.8) is 0 Å². The number of imide groups is 1. The van der Waals surface area contributed by atoms with Crippen LogP contribution in [0.15, 0.2) is 95.1 Å². The molecule has 0 spiro atoms. The van der Waals surface area contributed by atoms with E-state index in [1.807, 2.05) is 60.7 Å². The van der Waals surface area contributed by atoms with Crippen LogP contribution in [0.2, 0.25) is 0 Å². The predicted molar refractivity (Wildman–Crippen MR) is 169 cm³/mol. The van der Waals surface area contributed by atoms with Crippen LogP contribution in [0.3, 0.4) is 0 Å². The summed E-state index contributed by atoms with van der Waals surface area (Å²) in [6.07, 6.45) is 4.02. The molecule has 3 aromatic carbocycles. The Balaban J connectivity index is 1.21. The highest BCUT2D eigenvalue weighted by Gasteiger charge is 2.56. The summed E-state index contributed by atoms with van der Waals surface area (Å²) < 4.78 is 5.46. The number of ketones is 2. The van der Waals surface area contributed by atoms with Crippen LogP contribution in [0.4, 0.5) is 11.4 Å². The standard InChI is InChI=1S/C37H32N2O6/c1-20-18-31(41)29-19-28-26(32(34(29)35(20)42)25-12-13-30(40)24-5-3-2-4-23(24)25)10-11-27-33(28)37(44)39(36(27)43)22-8-6-21(7-9-22)38-14-16-45-17-15-38/h2-10,12-13,18,27-28,32-33,40H,11,14-17,19H2,1H3/t27-,28+,32-,33-/m0/s1. The van der Waals surface area contributed by atoms with Gasteiger partial charge < -0.3 is 14.7 Å². The van der Waals surface area contributed by atoms with Gasteiger partial charge in [-0.25, -0.2) is 0 Å². The third kappa shape index (κ3) is 4.15. The molecule has 226 valence electrons. The molecule has 0 radical (unpaired) electrons. The quantitative estimate of drug-likeness (QED) is 0.256. The molecule has 5 aliphatic rings. The first-order valence-corrected chi connectivity index (χ1v) is 15.5. The highest BCUT2D eigenvalue weighted by molar-refractivity contribution is 6.25. The average molecular weight is 601 g/mol. The predicted octanol–water partition coefficient (Wildman–Crippen LogP) is 5.02. The van der Waals surface area contributed by atoms with Crippen LogP contribution >= 0.6 is 0 Å². The van der Waals surface area contributed by atoms with Gasteiger partial charge >= 0.3 is 0 Å². The fraction of sp³-hybridized carbons (Fsp3) is 0.297. The Hall–Kier alpha value is -4.82. The summed E-state index contributed by atoms with van der Waals surface area (Å²) in [6, 6.07) is 18.4. The van der Waals surface area contributed by atoms with E-state index in [1.54, 1.807) is 13.0 Å². The molecule has 1 N–H and O–H groups in total. The van der Waals surface area contributed by atoms with E-state index in [2.05, 4.69) is 4.90 Å². The molecule has 8 rings (SSSR count). The van der Waals surface area contributed by atoms with Gasteiger partial charge in [-0.3, -0.25) is 24.1 Å². The Morgan fingerprint density at radius 3 is 2.29 bits per heavy atom. The van der Waals surface area contributed by atoms with E-state index >= 15 is 0 Å². The first kappa shape index (κ1) is 27.7. The number of anilines is 2. The number of amides is 2. The lowest BCUT2D eigenvalue weighted by atomic mass is 9.59. The summed E-state index contributed by atoms with van der Waals surface area (Å²) >= 11 is 0. The van der Waals surface area contributed by atoms with Gasteiger partial charge in [0.25, 0.3) is 0 Å². The largest absolute Gasteiger partial charge is 0.507 e. The Morgan fingerprint density at radius 2 is 1.53 bits per heavy atom. The minimum atomic E-state index is -0.647. The van der Waals surface area contributed by atoms with Gasteiger partial charge in [0.1, 0.15) is 5.75 Å². The molecule has 3 aromatic rings. The highest BCUT2D eigenvalue weighted by Crippen LogP contribution is 2.56. The van der Waals surface area contributed by atoms with Gasteiger partial charge in [0.05, 0.1) is 30.7 Å². The number of carbonyl (C=O) groups is 4. The van der Waals surface area contributed by atoms with Gasteiger partial charge in [-0.2, -0.15) is 0 Å². The normalized spacial score (nSPS) is 26.5. The first-order valence-electron chi connectivity index (χ1n) is 15.5. The number of benzene rings is 3. The molecular formula is C37H32N2O6. The van der Waals surface area contributed by atoms with E-state index < -0.39 is 23.7 Å². The number of morpholine rings is 1. The minimum Gasteiger partial charge on any atom is -0.507 e. The number of carbonyl (C=O) groups excluding carboxylic acids is 4. The number of phenols is 1. The van der Waals surface area contributed by atoms with E-state index in [4.69, 9.17) is 4.74 Å². The van der Waals surface area contributed by atoms with Crippen molar-refractivity contribution >= 4 is 45.5 Å². The zero-order valence-electron chi connectivity index (χ0n) is 24.9. The molecule has 0 aromatic heterocycles. The van der Waals surface area contributed by atoms with Gasteiger partial charge in [-0.05, 0) is 73.0 Å². The number of rotatable bonds is 3. The molecule has 2 aliphatic heterocycles. The van der Waals surface area contributed by atoms with Crippen molar-refractivity contribution in [2.75, 3.05) is 36.1 Å². The summed E-state index contributed by atoms with van der Waals surface area (Å²) in [4.78, 5) is 59.0. The van der Waals surface area contributed by atoms with E-state index in [0.717, 1.165) is 35.3 Å². The van der Waals surface area contributed by atoms with Gasteiger partial charge in [0.2, 0.25) is 11.8 Å². The lowest BCUT2D eigenvalue weighted by molar-refractivity contribution is -0.123. The Bertz CT molecular complexity index is 1910. The maximum Gasteiger partial charge on any atom is 0.238 e. The summed E-state index contributed by atoms with van der Waals surface area (Å²) in [7, 11) is 0. The average Bonchev–Trinajstić information content (AvgIpc) is 3.33. The van der Waals surface area contributed by atoms with Gasteiger partial charge in [0.15, 0.2) is 11.6 Å². The second-order valence-electron chi connectivity index (χ2n) is 12.6. The van der Waals surface area contributed by atoms with E-state index in [1.165, 1.54) is 11.0 Å². The topological polar surface area (TPSA) is 104 Å². The van der Waals surface area contributed by atoms with Crippen molar-refractivity contribution in [2.45, 2.75) is 25.7 Å². The van der Waals surface area contributed by atoms with Crippen molar-refractivity contribution in [1.82, 2.24) is 0 Å². The zero-order valence-corrected chi connectivity index (χ0v) is 24.9. The maximum absolute atomic E-state index is 14.3. The van der Waals surface area contributed by atoms with Crippen LogP contribution < -0.4 is 9.80 Å². The molecule has 0 unspecified atom stereocenters. The molecule has 2 amide bonds. The van der Waals surface area contributed by atoms with Crippen LogP contribution in [0.1, 0.15) is 31.2 Å². The zero-order chi connectivity index (χ0) is 31.0. The Kier molecular flexibility index (Phi) is 6.39. The lowest BCUT2D eigenvalue weighted by Crippen LogP contribution is -2.40. The third-order valence-electron chi connectivity index (χ3n) is 10.3. The molecule has 8 heteroatoms. The molecule has 8 nitrogen and oxygen atoms in total. The summed E-state index contributed by atoms with van der Waals surface area (Å²) in [5, 5.41) is 12.1. The fourth-order valence-electron chi connectivity index (χ4n) is 8.16. The molecule has 45 heavy (non-hydrogen) atoms. The van der Waals surface area contributed by atoms with Crippen molar-refractivity contribution in [3.05, 3.63) is 101 Å². The van der Waals surface area contributed by atoms with Crippen LogP contribution in [0.5, 0.6) is 5.75 Å². The van der Waals surface area contributed by atoms with Crippen molar-refractivity contribution in [3.8, 4) is 5.75 Å². The van der Waals surface area contributed by atoms with Crippen LogP contribution in [0, 0.1) is 17.8 Å². The van der Waals surface area contributed by atoms with Crippen LogP contribution in [-0.4, -0.2) is 54.8 Å². The number of Topliss-reactive ketones (excluding diaryl/α,β-unsaturated/α-hetero) is 1. The Labute approximate surface area is 260 Å². The molecule has 2 heterocycles. The molecular weight excluding hydrogens is 568 g/mol. The molecule has 2 fully saturated rings. The van der Waals surface area contributed by atoms with E-state index in [-0.39, 0.29) is 35.6 Å². The minimum absolute atomic E-state index is 0.127. The number of nitrogens with zero attached hydrogens (tertiary/aromatic N) is 2. The monoisotopic (exact) mass is 600 g/mol. The maximum atomic E-state index is 14.3. The smallest absolute Gasteiger partial charge is 0.238 e. The molecule has 4 atom stereocenters. The van der Waals surface area contributed by atoms with Crippen molar-refractivity contribution in [2.24, 2.45) is 17.8 Å². The van der Waals surface area contributed by atoms with E-state index in [0.29, 0.717) is 47.4 Å². The van der Waals surface area contributed by atoms with Gasteiger partial charge in [-0.1, -0.05) is 42.0 Å². The number of hydrogen-bond donors (Lipinski definition) is 1. The third-order valence-corrected chi connectivity index (χ3v) is 10.3. The molecule has 2 saturated heterocycles. The second kappa shape index (κ2) is 10.4. The number of aromatic hydroxyl groups is 1. The number of hydrogen-bond acceptors (Lipinski definition) is 7. The number of allylic oxidation sites excluding steroid dienone is 6. The van der Waals surface area contributed by atoms with Crippen LogP contribution in [0.25, 0.3) is 10.8 Å². The van der Waals surface area contributed by atoms with Crippen molar-refractivity contribution < 1.29 is 29.0 Å². The van der Waals surface area contributed by atoms with Crippen molar-refractivity contribution in [1.29, 1.82) is 0 Å². The Morgan fingerprint density at radius 1 is 0.822 bits per heavy atom. The highest BCUT2D eigenvalue weighted by atomic mass is 16.5. The summed E-state index contributed by atoms with van der Waals surface area (Å²) in [5.41, 5.74) is 4.51. The number of fused-ring (bicyclic) bond motifs is 4. The summed E-state index contributed by atoms with van der Waals surface area (Å²) in [5.74, 6) is -2.95. The first-order chi connectivity index (χ1) is 21.8. The molecule has 3 aliphatic carbocycles. The fourth-order valence-corrected chi connectivity index (χ4v) is 8.16. The molecule has 0 bridgehead atoms. The molecule has 0 saturated carbocycles. The number of phenolic OH excluding ortho intramolecular Hbond substituents is 1. The van der Waals surface area contributed by atoms with Crippen LogP contribution in [-0.2, 0) is 23.9 Å².